The second-order valence-electron chi connectivity index (χ2n) is 8.29. The van der Waals surface area contributed by atoms with Crippen LogP contribution in [0.25, 0.3) is 0 Å². The molecule has 8 nitrogen and oxygen atoms in total. The summed E-state index contributed by atoms with van der Waals surface area (Å²) in [5, 5.41) is 24.1. The van der Waals surface area contributed by atoms with Crippen molar-refractivity contribution in [1.82, 2.24) is 15.1 Å². The lowest BCUT2D eigenvalue weighted by Crippen LogP contribution is -2.55. The van der Waals surface area contributed by atoms with E-state index in [1.807, 2.05) is 42.3 Å². The SMILES string of the molecule is Cc1ccccc1N=C(NC#N)N1CCN(C(=O)Nc2cccc(C#N)c2)C(c2ccc(F)cc2)C1. The van der Waals surface area contributed by atoms with Gasteiger partial charge < -0.3 is 15.1 Å². The summed E-state index contributed by atoms with van der Waals surface area (Å²) < 4.78 is 13.7. The van der Waals surface area contributed by atoms with E-state index in [0.717, 1.165) is 16.8 Å². The molecular formula is C27H24FN7O. The second kappa shape index (κ2) is 11.0. The number of nitriles is 2. The van der Waals surface area contributed by atoms with Gasteiger partial charge in [-0.3, -0.25) is 5.32 Å². The van der Waals surface area contributed by atoms with Crippen LogP contribution in [0.15, 0.2) is 77.8 Å². The number of nitrogens with zero attached hydrogens (tertiary/aromatic N) is 5. The van der Waals surface area contributed by atoms with Crippen LogP contribution < -0.4 is 10.6 Å². The summed E-state index contributed by atoms with van der Waals surface area (Å²) in [7, 11) is 0. The molecule has 1 saturated heterocycles. The highest BCUT2D eigenvalue weighted by Gasteiger charge is 2.33. The summed E-state index contributed by atoms with van der Waals surface area (Å²) in [5.41, 5.74) is 3.38. The topological polar surface area (TPSA) is 108 Å². The molecule has 0 bridgehead atoms. The smallest absolute Gasteiger partial charge is 0.322 e. The van der Waals surface area contributed by atoms with Gasteiger partial charge in [-0.05, 0) is 54.4 Å². The third-order valence-electron chi connectivity index (χ3n) is 5.95. The minimum absolute atomic E-state index is 0.325. The van der Waals surface area contributed by atoms with Crippen molar-refractivity contribution in [3.05, 3.63) is 95.3 Å². The molecule has 1 fully saturated rings. The maximum absolute atomic E-state index is 13.7. The van der Waals surface area contributed by atoms with Crippen LogP contribution in [0.1, 0.15) is 22.7 Å². The fourth-order valence-electron chi connectivity index (χ4n) is 4.08. The molecule has 0 saturated carbocycles. The summed E-state index contributed by atoms with van der Waals surface area (Å²) in [6, 6.07) is 21.6. The van der Waals surface area contributed by atoms with Crippen molar-refractivity contribution in [3.8, 4) is 12.3 Å². The Balaban J connectivity index is 1.63. The molecule has 0 aliphatic carbocycles. The van der Waals surface area contributed by atoms with Gasteiger partial charge in [0, 0.05) is 25.3 Å². The zero-order chi connectivity index (χ0) is 25.5. The number of para-hydroxylation sites is 1. The Kier molecular flexibility index (Phi) is 7.42. The van der Waals surface area contributed by atoms with Gasteiger partial charge in [-0.15, -0.1) is 0 Å². The molecule has 2 N–H and O–H groups in total. The summed E-state index contributed by atoms with van der Waals surface area (Å²) in [5.74, 6) is 0.00405. The zero-order valence-corrected chi connectivity index (χ0v) is 19.6. The monoisotopic (exact) mass is 481 g/mol. The highest BCUT2D eigenvalue weighted by atomic mass is 19.1. The van der Waals surface area contributed by atoms with Crippen molar-refractivity contribution in [3.63, 3.8) is 0 Å². The number of carbonyl (C=O) groups excluding carboxylic acids is 1. The molecular weight excluding hydrogens is 457 g/mol. The van der Waals surface area contributed by atoms with Gasteiger partial charge in [-0.1, -0.05) is 36.4 Å². The number of urea groups is 1. The lowest BCUT2D eigenvalue weighted by Gasteiger charge is -2.42. The van der Waals surface area contributed by atoms with Gasteiger partial charge in [0.1, 0.15) is 5.82 Å². The lowest BCUT2D eigenvalue weighted by atomic mass is 10.0. The number of rotatable bonds is 3. The first kappa shape index (κ1) is 24.2. The third kappa shape index (κ3) is 5.60. The normalized spacial score (nSPS) is 15.6. The van der Waals surface area contributed by atoms with Gasteiger partial charge in [-0.2, -0.15) is 10.5 Å². The van der Waals surface area contributed by atoms with Gasteiger partial charge in [0.05, 0.1) is 23.4 Å². The molecule has 3 aromatic carbocycles. The van der Waals surface area contributed by atoms with Crippen LogP contribution in [0.5, 0.6) is 0 Å². The number of hydrogen-bond donors (Lipinski definition) is 2. The Morgan fingerprint density at radius 1 is 1.06 bits per heavy atom. The van der Waals surface area contributed by atoms with Crippen LogP contribution >= 0.6 is 0 Å². The maximum Gasteiger partial charge on any atom is 0.322 e. The molecule has 3 aromatic rings. The van der Waals surface area contributed by atoms with Crippen molar-refractivity contribution in [1.29, 1.82) is 10.5 Å². The Morgan fingerprint density at radius 2 is 1.83 bits per heavy atom. The fourth-order valence-corrected chi connectivity index (χ4v) is 4.08. The largest absolute Gasteiger partial charge is 0.338 e. The Morgan fingerprint density at radius 3 is 2.56 bits per heavy atom. The molecule has 1 heterocycles. The van der Waals surface area contributed by atoms with E-state index in [0.29, 0.717) is 36.8 Å². The first-order chi connectivity index (χ1) is 17.5. The Hall–Kier alpha value is -4.89. The molecule has 0 spiro atoms. The molecule has 0 aromatic heterocycles. The van der Waals surface area contributed by atoms with E-state index in [2.05, 4.69) is 21.7 Å². The molecule has 1 aliphatic heterocycles. The van der Waals surface area contributed by atoms with Crippen molar-refractivity contribution in [2.75, 3.05) is 25.0 Å². The van der Waals surface area contributed by atoms with E-state index in [-0.39, 0.29) is 11.8 Å². The number of aliphatic imine (C=N–C) groups is 1. The standard InChI is InChI=1S/C27H24FN7O/c1-19-5-2-3-8-24(19)33-26(31-18-30)34-13-14-35(25(17-34)21-9-11-22(28)12-10-21)27(36)32-23-7-4-6-20(15-23)16-29/h2-12,15,25H,13-14,17H2,1H3,(H,31,33)(H,32,36). The number of halogens is 1. The summed E-state index contributed by atoms with van der Waals surface area (Å²) in [6.07, 6.45) is 1.95. The molecule has 1 atom stereocenters. The fraction of sp³-hybridized carbons (Fsp3) is 0.185. The average molecular weight is 482 g/mol. The second-order valence-corrected chi connectivity index (χ2v) is 8.29. The predicted octanol–water partition coefficient (Wildman–Crippen LogP) is 4.65. The van der Waals surface area contributed by atoms with Gasteiger partial charge in [0.25, 0.3) is 0 Å². The minimum atomic E-state index is -0.443. The molecule has 1 unspecified atom stereocenters. The molecule has 2 amide bonds. The molecule has 36 heavy (non-hydrogen) atoms. The number of aryl methyl sites for hydroxylation is 1. The highest BCUT2D eigenvalue weighted by molar-refractivity contribution is 5.90. The predicted molar refractivity (Wildman–Crippen MR) is 135 cm³/mol. The number of carbonyl (C=O) groups is 1. The molecule has 180 valence electrons. The number of anilines is 1. The molecule has 1 aliphatic rings. The van der Waals surface area contributed by atoms with Crippen LogP contribution in [-0.4, -0.2) is 41.4 Å². The van der Waals surface area contributed by atoms with E-state index in [4.69, 9.17) is 5.26 Å². The quantitative estimate of drug-likeness (QED) is 0.245. The molecule has 4 rings (SSSR count). The van der Waals surface area contributed by atoms with Crippen molar-refractivity contribution in [2.45, 2.75) is 13.0 Å². The van der Waals surface area contributed by atoms with Crippen LogP contribution in [0.2, 0.25) is 0 Å². The molecule has 9 heteroatoms. The van der Waals surface area contributed by atoms with Gasteiger partial charge in [0.15, 0.2) is 6.19 Å². The molecule has 0 radical (unpaired) electrons. The van der Waals surface area contributed by atoms with E-state index in [1.54, 1.807) is 41.3 Å². The van der Waals surface area contributed by atoms with E-state index >= 15 is 0 Å². The lowest BCUT2D eigenvalue weighted by molar-refractivity contribution is 0.135. The first-order valence-corrected chi connectivity index (χ1v) is 11.4. The Labute approximate surface area is 208 Å². The number of benzene rings is 3. The van der Waals surface area contributed by atoms with Crippen molar-refractivity contribution < 1.29 is 9.18 Å². The van der Waals surface area contributed by atoms with Crippen LogP contribution in [0, 0.1) is 35.5 Å². The van der Waals surface area contributed by atoms with E-state index < -0.39 is 6.04 Å². The van der Waals surface area contributed by atoms with Crippen LogP contribution in [-0.2, 0) is 0 Å². The minimum Gasteiger partial charge on any atom is -0.338 e. The van der Waals surface area contributed by atoms with Crippen molar-refractivity contribution >= 4 is 23.4 Å². The number of amides is 2. The van der Waals surface area contributed by atoms with Gasteiger partial charge >= 0.3 is 6.03 Å². The van der Waals surface area contributed by atoms with Gasteiger partial charge in [-0.25, -0.2) is 14.2 Å². The summed E-state index contributed by atoms with van der Waals surface area (Å²) >= 11 is 0. The summed E-state index contributed by atoms with van der Waals surface area (Å²) in [6.45, 7) is 3.01. The van der Waals surface area contributed by atoms with E-state index in [9.17, 15) is 14.4 Å². The van der Waals surface area contributed by atoms with Crippen molar-refractivity contribution in [2.24, 2.45) is 4.99 Å². The summed E-state index contributed by atoms with van der Waals surface area (Å²) in [4.78, 5) is 21.5. The first-order valence-electron chi connectivity index (χ1n) is 11.4. The number of hydrogen-bond acceptors (Lipinski definition) is 4. The number of guanidine groups is 1. The third-order valence-corrected chi connectivity index (χ3v) is 5.95. The average Bonchev–Trinajstić information content (AvgIpc) is 2.90. The van der Waals surface area contributed by atoms with Crippen LogP contribution in [0.4, 0.5) is 20.6 Å². The van der Waals surface area contributed by atoms with Gasteiger partial charge in [0.2, 0.25) is 5.96 Å². The number of nitrogens with one attached hydrogen (secondary N) is 2. The maximum atomic E-state index is 13.7. The van der Waals surface area contributed by atoms with Crippen LogP contribution in [0.3, 0.4) is 0 Å². The zero-order valence-electron chi connectivity index (χ0n) is 19.6. The Bertz CT molecular complexity index is 1360. The van der Waals surface area contributed by atoms with E-state index in [1.165, 1.54) is 12.1 Å². The highest BCUT2D eigenvalue weighted by Crippen LogP contribution is 2.28. The number of piperazine rings is 1.